The van der Waals surface area contributed by atoms with Crippen molar-refractivity contribution in [3.05, 3.63) is 72.9 Å². The Morgan fingerprint density at radius 3 is 0.917 bits per heavy atom. The molecular formula is C68H125NO3. The van der Waals surface area contributed by atoms with E-state index in [9.17, 15) is 15.0 Å². The third-order valence-corrected chi connectivity index (χ3v) is 14.7. The Morgan fingerprint density at radius 1 is 0.347 bits per heavy atom. The standard InChI is InChI=1S/C68H125NO3/c1-3-5-7-9-11-13-15-17-19-21-23-24-25-26-27-28-29-30-31-32-33-34-35-36-37-38-39-40-41-42-43-44-46-48-50-52-54-56-58-60-62-64-68(72)69-66(65-70)67(71)63-61-59-57-55-53-51-49-47-45-22-20-18-16-14-12-10-8-6-4-2/h5,7,11,13,17,19,23-24,26-27,29-30,66-67,70-71H,3-4,6,8-10,12,14-16,18,20-22,25,28,31-65H2,1-2H3,(H,69,72)/b7-5-,13-11-,19-17-,24-23-,27-26-,30-29-. The number of amides is 1. The first-order valence-corrected chi connectivity index (χ1v) is 32.1. The van der Waals surface area contributed by atoms with Gasteiger partial charge in [-0.05, 0) is 64.2 Å². The van der Waals surface area contributed by atoms with Crippen molar-refractivity contribution >= 4 is 5.91 Å². The van der Waals surface area contributed by atoms with Crippen LogP contribution >= 0.6 is 0 Å². The van der Waals surface area contributed by atoms with Crippen molar-refractivity contribution in [3.63, 3.8) is 0 Å². The maximum absolute atomic E-state index is 12.5. The topological polar surface area (TPSA) is 69.6 Å². The largest absolute Gasteiger partial charge is 0.394 e. The van der Waals surface area contributed by atoms with Gasteiger partial charge in [0.2, 0.25) is 5.91 Å². The zero-order valence-electron chi connectivity index (χ0n) is 48.4. The average molecular weight is 1000 g/mol. The van der Waals surface area contributed by atoms with Crippen LogP contribution in [0, 0.1) is 0 Å². The van der Waals surface area contributed by atoms with Crippen molar-refractivity contribution in [2.45, 2.75) is 347 Å². The number of allylic oxidation sites excluding steroid dienone is 12. The Labute approximate surface area is 450 Å². The Balaban J connectivity index is 3.41. The molecule has 0 fully saturated rings. The predicted octanol–water partition coefficient (Wildman–Crippen LogP) is 21.7. The van der Waals surface area contributed by atoms with E-state index < -0.39 is 12.1 Å². The molecule has 0 aromatic heterocycles. The third-order valence-electron chi connectivity index (χ3n) is 14.7. The first kappa shape index (κ1) is 69.8. The van der Waals surface area contributed by atoms with Gasteiger partial charge in [0.05, 0.1) is 18.8 Å². The summed E-state index contributed by atoms with van der Waals surface area (Å²) < 4.78 is 0. The molecule has 4 heteroatoms. The van der Waals surface area contributed by atoms with E-state index in [1.807, 2.05) is 0 Å². The molecule has 0 radical (unpaired) electrons. The minimum atomic E-state index is -0.660. The first-order chi connectivity index (χ1) is 35.7. The van der Waals surface area contributed by atoms with Gasteiger partial charge < -0.3 is 15.5 Å². The number of rotatable bonds is 59. The summed E-state index contributed by atoms with van der Waals surface area (Å²) in [6.07, 6.45) is 90.7. The fraction of sp³-hybridized carbons (Fsp3) is 0.809. The molecule has 420 valence electrons. The van der Waals surface area contributed by atoms with Crippen LogP contribution in [-0.2, 0) is 4.79 Å². The Kier molecular flexibility index (Phi) is 61.2. The number of nitrogens with one attached hydrogen (secondary N) is 1. The van der Waals surface area contributed by atoms with Gasteiger partial charge in [0.25, 0.3) is 0 Å². The highest BCUT2D eigenvalue weighted by molar-refractivity contribution is 5.76. The summed E-state index contributed by atoms with van der Waals surface area (Å²) in [5, 5.41) is 23.4. The van der Waals surface area contributed by atoms with Crippen LogP contribution in [-0.4, -0.2) is 34.9 Å². The summed E-state index contributed by atoms with van der Waals surface area (Å²) in [6, 6.07) is -0.537. The summed E-state index contributed by atoms with van der Waals surface area (Å²) in [5.41, 5.74) is 0. The fourth-order valence-corrected chi connectivity index (χ4v) is 9.90. The van der Waals surface area contributed by atoms with Crippen LogP contribution in [0.25, 0.3) is 0 Å². The highest BCUT2D eigenvalue weighted by Gasteiger charge is 2.20. The summed E-state index contributed by atoms with van der Waals surface area (Å²) in [6.45, 7) is 4.27. The van der Waals surface area contributed by atoms with E-state index in [2.05, 4.69) is 92.1 Å². The predicted molar refractivity (Wildman–Crippen MR) is 322 cm³/mol. The second-order valence-corrected chi connectivity index (χ2v) is 21.8. The van der Waals surface area contributed by atoms with Crippen molar-refractivity contribution in [2.24, 2.45) is 0 Å². The quantitative estimate of drug-likeness (QED) is 0.0420. The van der Waals surface area contributed by atoms with Crippen LogP contribution in [0.4, 0.5) is 0 Å². The van der Waals surface area contributed by atoms with Gasteiger partial charge in [0, 0.05) is 6.42 Å². The van der Waals surface area contributed by atoms with Gasteiger partial charge >= 0.3 is 0 Å². The van der Waals surface area contributed by atoms with Gasteiger partial charge in [0.15, 0.2) is 0 Å². The van der Waals surface area contributed by atoms with Crippen LogP contribution in [0.3, 0.4) is 0 Å². The van der Waals surface area contributed by atoms with E-state index in [1.54, 1.807) is 0 Å². The Hall–Kier alpha value is -2.17. The lowest BCUT2D eigenvalue weighted by Crippen LogP contribution is -2.45. The van der Waals surface area contributed by atoms with E-state index in [-0.39, 0.29) is 12.5 Å². The van der Waals surface area contributed by atoms with Gasteiger partial charge in [-0.15, -0.1) is 0 Å². The molecule has 0 saturated carbocycles. The summed E-state index contributed by atoms with van der Waals surface area (Å²) in [4.78, 5) is 12.5. The van der Waals surface area contributed by atoms with E-state index in [0.29, 0.717) is 12.8 Å². The van der Waals surface area contributed by atoms with E-state index in [4.69, 9.17) is 0 Å². The molecule has 0 rings (SSSR count). The molecule has 4 nitrogen and oxygen atoms in total. The van der Waals surface area contributed by atoms with Crippen LogP contribution in [0.2, 0.25) is 0 Å². The number of hydrogen-bond donors (Lipinski definition) is 3. The lowest BCUT2D eigenvalue weighted by Gasteiger charge is -2.22. The van der Waals surface area contributed by atoms with Crippen LogP contribution < -0.4 is 5.32 Å². The molecule has 0 heterocycles. The molecule has 2 atom stereocenters. The summed E-state index contributed by atoms with van der Waals surface area (Å²) in [7, 11) is 0. The lowest BCUT2D eigenvalue weighted by atomic mass is 10.0. The van der Waals surface area contributed by atoms with E-state index >= 15 is 0 Å². The molecule has 3 N–H and O–H groups in total. The minimum absolute atomic E-state index is 0.0259. The maximum atomic E-state index is 12.5. The molecular weight excluding hydrogens is 879 g/mol. The average Bonchev–Trinajstić information content (AvgIpc) is 3.39. The van der Waals surface area contributed by atoms with E-state index in [0.717, 1.165) is 64.2 Å². The SMILES string of the molecule is CC/C=C\C/C=C\C/C=C\C/C=C\C/C=C\C/C=C\CCCCCCCCCCCCCCCCCCCCCCCCC(=O)NC(CO)C(O)CCCCCCCCCCCCCCCCCCCCC. The monoisotopic (exact) mass is 1000 g/mol. The van der Waals surface area contributed by atoms with Crippen molar-refractivity contribution in [3.8, 4) is 0 Å². The van der Waals surface area contributed by atoms with Gasteiger partial charge in [-0.3, -0.25) is 4.79 Å². The normalized spacial score (nSPS) is 13.2. The van der Waals surface area contributed by atoms with Crippen molar-refractivity contribution in [1.29, 1.82) is 0 Å². The molecule has 0 aromatic carbocycles. The van der Waals surface area contributed by atoms with Gasteiger partial charge in [-0.2, -0.15) is 0 Å². The molecule has 0 bridgehead atoms. The Bertz CT molecular complexity index is 1230. The molecule has 0 aromatic rings. The second-order valence-electron chi connectivity index (χ2n) is 21.8. The zero-order chi connectivity index (χ0) is 52.0. The summed E-state index contributed by atoms with van der Waals surface area (Å²) >= 11 is 0. The molecule has 1 amide bonds. The second kappa shape index (κ2) is 63.1. The minimum Gasteiger partial charge on any atom is -0.394 e. The van der Waals surface area contributed by atoms with Crippen LogP contribution in [0.1, 0.15) is 335 Å². The number of aliphatic hydroxyl groups excluding tert-OH is 2. The van der Waals surface area contributed by atoms with E-state index in [1.165, 1.54) is 244 Å². The van der Waals surface area contributed by atoms with Gasteiger partial charge in [-0.1, -0.05) is 337 Å². The third kappa shape index (κ3) is 58.7. The molecule has 2 unspecified atom stereocenters. The number of carbonyl (C=O) groups is 1. The highest BCUT2D eigenvalue weighted by atomic mass is 16.3. The molecule has 0 aliphatic rings. The lowest BCUT2D eigenvalue weighted by molar-refractivity contribution is -0.123. The molecule has 0 saturated heterocycles. The first-order valence-electron chi connectivity index (χ1n) is 32.1. The molecule has 0 aliphatic heterocycles. The van der Waals surface area contributed by atoms with Crippen molar-refractivity contribution in [1.82, 2.24) is 5.32 Å². The van der Waals surface area contributed by atoms with Crippen LogP contribution in [0.15, 0.2) is 72.9 Å². The van der Waals surface area contributed by atoms with Crippen molar-refractivity contribution in [2.75, 3.05) is 6.61 Å². The molecule has 72 heavy (non-hydrogen) atoms. The van der Waals surface area contributed by atoms with Gasteiger partial charge in [-0.25, -0.2) is 0 Å². The maximum Gasteiger partial charge on any atom is 0.220 e. The summed E-state index contributed by atoms with van der Waals surface area (Å²) in [5.74, 6) is -0.0259. The zero-order valence-corrected chi connectivity index (χ0v) is 48.4. The molecule has 0 spiro atoms. The van der Waals surface area contributed by atoms with Crippen molar-refractivity contribution < 1.29 is 15.0 Å². The van der Waals surface area contributed by atoms with Crippen LogP contribution in [0.5, 0.6) is 0 Å². The fourth-order valence-electron chi connectivity index (χ4n) is 9.90. The number of carbonyl (C=O) groups excluding carboxylic acids is 1. The smallest absolute Gasteiger partial charge is 0.220 e. The van der Waals surface area contributed by atoms with Gasteiger partial charge in [0.1, 0.15) is 0 Å². The molecule has 0 aliphatic carbocycles. The Morgan fingerprint density at radius 2 is 0.611 bits per heavy atom. The number of unbranched alkanes of at least 4 members (excludes halogenated alkanes) is 40. The highest BCUT2D eigenvalue weighted by Crippen LogP contribution is 2.18. The number of hydrogen-bond acceptors (Lipinski definition) is 3. The number of aliphatic hydroxyl groups is 2.